The first-order valence-electron chi connectivity index (χ1n) is 8.16. The topological polar surface area (TPSA) is 78.5 Å². The van der Waals surface area contributed by atoms with E-state index in [9.17, 15) is 14.4 Å². The van der Waals surface area contributed by atoms with Crippen LogP contribution in [-0.4, -0.2) is 35.2 Å². The van der Waals surface area contributed by atoms with E-state index in [2.05, 4.69) is 10.6 Å². The van der Waals surface area contributed by atoms with Crippen LogP contribution in [0.15, 0.2) is 18.2 Å². The van der Waals surface area contributed by atoms with Crippen LogP contribution in [0.25, 0.3) is 0 Å². The Balaban J connectivity index is 1.48. The Bertz CT molecular complexity index is 696. The Morgan fingerprint density at radius 2 is 2.04 bits per heavy atom. The molecule has 1 aromatic carbocycles. The fourth-order valence-electron chi connectivity index (χ4n) is 3.38. The summed E-state index contributed by atoms with van der Waals surface area (Å²) < 4.78 is 0. The summed E-state index contributed by atoms with van der Waals surface area (Å²) in [6.45, 7) is 1.20. The lowest BCUT2D eigenvalue weighted by Crippen LogP contribution is -2.43. The molecule has 1 atom stereocenters. The van der Waals surface area contributed by atoms with E-state index < -0.39 is 0 Å². The molecule has 0 aromatic heterocycles. The average molecular weight is 313 g/mol. The molecular formula is C17H19N3O3. The summed E-state index contributed by atoms with van der Waals surface area (Å²) in [5.74, 6) is -0.0135. The van der Waals surface area contributed by atoms with Gasteiger partial charge in [-0.1, -0.05) is 6.07 Å². The van der Waals surface area contributed by atoms with Gasteiger partial charge in [0.25, 0.3) is 5.91 Å². The van der Waals surface area contributed by atoms with Gasteiger partial charge in [-0.05, 0) is 43.4 Å². The molecule has 6 heteroatoms. The SMILES string of the molecule is O=C1NCc2ccc(NC(=O)C3CCCN3C(=O)C3CC3)cc21. The fourth-order valence-corrected chi connectivity index (χ4v) is 3.38. The van der Waals surface area contributed by atoms with Crippen molar-refractivity contribution in [3.05, 3.63) is 29.3 Å². The second kappa shape index (κ2) is 5.37. The second-order valence-corrected chi connectivity index (χ2v) is 6.51. The lowest BCUT2D eigenvalue weighted by atomic mass is 10.1. The largest absolute Gasteiger partial charge is 0.348 e. The molecule has 0 spiro atoms. The summed E-state index contributed by atoms with van der Waals surface area (Å²) in [6, 6.07) is 4.98. The number of amides is 3. The van der Waals surface area contributed by atoms with Gasteiger partial charge in [-0.15, -0.1) is 0 Å². The number of nitrogens with zero attached hydrogens (tertiary/aromatic N) is 1. The van der Waals surface area contributed by atoms with Crippen molar-refractivity contribution in [3.63, 3.8) is 0 Å². The number of carbonyl (C=O) groups excluding carboxylic acids is 3. The first-order chi connectivity index (χ1) is 11.1. The van der Waals surface area contributed by atoms with Crippen LogP contribution in [0.2, 0.25) is 0 Å². The zero-order chi connectivity index (χ0) is 16.0. The molecule has 1 aromatic rings. The summed E-state index contributed by atoms with van der Waals surface area (Å²) in [4.78, 5) is 38.2. The molecule has 2 heterocycles. The van der Waals surface area contributed by atoms with Crippen LogP contribution >= 0.6 is 0 Å². The van der Waals surface area contributed by atoms with Gasteiger partial charge in [0.1, 0.15) is 6.04 Å². The molecule has 3 aliphatic rings. The number of hydrogen-bond donors (Lipinski definition) is 2. The van der Waals surface area contributed by atoms with Crippen LogP contribution in [0, 0.1) is 5.92 Å². The highest BCUT2D eigenvalue weighted by Gasteiger charge is 2.40. The molecule has 2 aliphatic heterocycles. The summed E-state index contributed by atoms with van der Waals surface area (Å²) in [5.41, 5.74) is 2.16. The third-order valence-electron chi connectivity index (χ3n) is 4.83. The van der Waals surface area contributed by atoms with E-state index in [4.69, 9.17) is 0 Å². The maximum atomic E-state index is 12.5. The van der Waals surface area contributed by atoms with Gasteiger partial charge in [0.2, 0.25) is 11.8 Å². The molecule has 1 unspecified atom stereocenters. The number of benzene rings is 1. The maximum Gasteiger partial charge on any atom is 0.251 e. The van der Waals surface area contributed by atoms with Gasteiger partial charge in [-0.2, -0.15) is 0 Å². The number of rotatable bonds is 3. The second-order valence-electron chi connectivity index (χ2n) is 6.51. The van der Waals surface area contributed by atoms with Crippen molar-refractivity contribution in [2.75, 3.05) is 11.9 Å². The molecule has 0 radical (unpaired) electrons. The first kappa shape index (κ1) is 14.2. The van der Waals surface area contributed by atoms with Crippen molar-refractivity contribution in [1.82, 2.24) is 10.2 Å². The monoisotopic (exact) mass is 313 g/mol. The summed E-state index contributed by atoms with van der Waals surface area (Å²) in [6.07, 6.45) is 3.46. The van der Waals surface area contributed by atoms with E-state index in [1.54, 1.807) is 17.0 Å². The van der Waals surface area contributed by atoms with Gasteiger partial charge in [0.15, 0.2) is 0 Å². The number of fused-ring (bicyclic) bond motifs is 1. The van der Waals surface area contributed by atoms with Gasteiger partial charge in [0.05, 0.1) is 0 Å². The van der Waals surface area contributed by atoms with Crippen LogP contribution in [0.5, 0.6) is 0 Å². The molecule has 120 valence electrons. The molecular weight excluding hydrogens is 294 g/mol. The number of likely N-dealkylation sites (tertiary alicyclic amines) is 1. The van der Waals surface area contributed by atoms with Crippen molar-refractivity contribution >= 4 is 23.4 Å². The highest BCUT2D eigenvalue weighted by molar-refractivity contribution is 6.02. The Hall–Kier alpha value is -2.37. The van der Waals surface area contributed by atoms with Crippen molar-refractivity contribution in [3.8, 4) is 0 Å². The molecule has 1 saturated carbocycles. The number of carbonyl (C=O) groups is 3. The number of hydrogen-bond acceptors (Lipinski definition) is 3. The number of nitrogens with one attached hydrogen (secondary N) is 2. The van der Waals surface area contributed by atoms with E-state index in [-0.39, 0.29) is 29.7 Å². The molecule has 2 fully saturated rings. The zero-order valence-electron chi connectivity index (χ0n) is 12.8. The lowest BCUT2D eigenvalue weighted by Gasteiger charge is -2.24. The Labute approximate surface area is 134 Å². The van der Waals surface area contributed by atoms with E-state index in [1.165, 1.54) is 0 Å². The predicted molar refractivity (Wildman–Crippen MR) is 83.7 cm³/mol. The van der Waals surface area contributed by atoms with Gasteiger partial charge in [0, 0.05) is 30.3 Å². The van der Waals surface area contributed by atoms with Gasteiger partial charge in [-0.3, -0.25) is 14.4 Å². The van der Waals surface area contributed by atoms with E-state index >= 15 is 0 Å². The maximum absolute atomic E-state index is 12.5. The quantitative estimate of drug-likeness (QED) is 0.882. The van der Waals surface area contributed by atoms with Crippen LogP contribution < -0.4 is 10.6 Å². The molecule has 23 heavy (non-hydrogen) atoms. The molecule has 1 aliphatic carbocycles. The summed E-state index contributed by atoms with van der Waals surface area (Å²) in [7, 11) is 0. The predicted octanol–water partition coefficient (Wildman–Crippen LogP) is 1.27. The van der Waals surface area contributed by atoms with Crippen molar-refractivity contribution in [2.24, 2.45) is 5.92 Å². The first-order valence-corrected chi connectivity index (χ1v) is 8.16. The minimum Gasteiger partial charge on any atom is -0.348 e. The molecule has 3 amide bonds. The minimum absolute atomic E-state index is 0.109. The summed E-state index contributed by atoms with van der Waals surface area (Å²) in [5, 5.41) is 5.62. The van der Waals surface area contributed by atoms with Gasteiger partial charge >= 0.3 is 0 Å². The minimum atomic E-state index is -0.384. The van der Waals surface area contributed by atoms with Crippen LogP contribution in [0.4, 0.5) is 5.69 Å². The molecule has 0 bridgehead atoms. The van der Waals surface area contributed by atoms with Crippen molar-refractivity contribution in [2.45, 2.75) is 38.3 Å². The smallest absolute Gasteiger partial charge is 0.251 e. The third kappa shape index (κ3) is 2.58. The highest BCUT2D eigenvalue weighted by atomic mass is 16.2. The third-order valence-corrected chi connectivity index (χ3v) is 4.83. The van der Waals surface area contributed by atoms with E-state index in [1.807, 2.05) is 6.07 Å². The molecule has 4 rings (SSSR count). The van der Waals surface area contributed by atoms with Crippen molar-refractivity contribution in [1.29, 1.82) is 0 Å². The average Bonchev–Trinajstić information content (AvgIpc) is 3.17. The van der Waals surface area contributed by atoms with E-state index in [0.29, 0.717) is 30.8 Å². The van der Waals surface area contributed by atoms with Gasteiger partial charge in [-0.25, -0.2) is 0 Å². The lowest BCUT2D eigenvalue weighted by molar-refractivity contribution is -0.137. The Morgan fingerprint density at radius 3 is 2.83 bits per heavy atom. The molecule has 2 N–H and O–H groups in total. The zero-order valence-corrected chi connectivity index (χ0v) is 12.8. The summed E-state index contributed by atoms with van der Waals surface area (Å²) >= 11 is 0. The van der Waals surface area contributed by atoms with Crippen LogP contribution in [0.1, 0.15) is 41.6 Å². The highest BCUT2D eigenvalue weighted by Crippen LogP contribution is 2.34. The normalized spacial score (nSPS) is 22.7. The van der Waals surface area contributed by atoms with Crippen molar-refractivity contribution < 1.29 is 14.4 Å². The number of anilines is 1. The Morgan fingerprint density at radius 1 is 1.22 bits per heavy atom. The molecule has 1 saturated heterocycles. The fraction of sp³-hybridized carbons (Fsp3) is 0.471. The molecule has 6 nitrogen and oxygen atoms in total. The van der Waals surface area contributed by atoms with E-state index in [0.717, 1.165) is 24.8 Å². The van der Waals surface area contributed by atoms with Gasteiger partial charge < -0.3 is 15.5 Å². The van der Waals surface area contributed by atoms with Crippen LogP contribution in [-0.2, 0) is 16.1 Å². The van der Waals surface area contributed by atoms with Crippen LogP contribution in [0.3, 0.4) is 0 Å². The Kier molecular flexibility index (Phi) is 3.32. The standard InChI is InChI=1S/C17H19N3O3/c21-15-13-8-12(6-5-11(13)9-18-15)19-16(22)14-2-1-7-20(14)17(23)10-3-4-10/h5-6,8,10,14H,1-4,7,9H2,(H,18,21)(H,19,22).